The number of hydrogen-bond acceptors (Lipinski definition) is 2. The molecule has 0 aliphatic rings. The lowest BCUT2D eigenvalue weighted by atomic mass is 10.0. The minimum Gasteiger partial charge on any atom is -0.228 e. The number of aromatic nitrogens is 2. The summed E-state index contributed by atoms with van der Waals surface area (Å²) in [5.41, 5.74) is 11.0. The van der Waals surface area contributed by atoms with E-state index in [2.05, 4.69) is 134 Å². The zero-order chi connectivity index (χ0) is 25.0. The largest absolute Gasteiger partial charge is 0.228 e. The Balaban J connectivity index is 1.42. The van der Waals surface area contributed by atoms with Crippen molar-refractivity contribution in [1.82, 2.24) is 9.97 Å². The van der Waals surface area contributed by atoms with Gasteiger partial charge in [-0.25, -0.2) is 9.97 Å². The average molecular weight is 475 g/mol. The van der Waals surface area contributed by atoms with Crippen molar-refractivity contribution in [3.05, 3.63) is 145 Å². The van der Waals surface area contributed by atoms with Crippen molar-refractivity contribution in [3.63, 3.8) is 0 Å². The highest BCUT2D eigenvalue weighted by molar-refractivity contribution is 5.75. The van der Waals surface area contributed by atoms with Gasteiger partial charge >= 0.3 is 0 Å². The van der Waals surface area contributed by atoms with Gasteiger partial charge in [-0.1, -0.05) is 133 Å². The molecule has 37 heavy (non-hydrogen) atoms. The van der Waals surface area contributed by atoms with Gasteiger partial charge < -0.3 is 0 Å². The third-order valence-corrected chi connectivity index (χ3v) is 6.58. The van der Waals surface area contributed by atoms with E-state index in [4.69, 9.17) is 9.97 Å². The first-order valence-electron chi connectivity index (χ1n) is 12.5. The Morgan fingerprint density at radius 2 is 0.784 bits per heavy atom. The van der Waals surface area contributed by atoms with E-state index in [9.17, 15) is 0 Å². The summed E-state index contributed by atoms with van der Waals surface area (Å²) in [6, 6.07) is 48.5. The molecule has 0 N–H and O–H groups in total. The summed E-state index contributed by atoms with van der Waals surface area (Å²) in [5, 5.41) is 0. The third kappa shape index (κ3) is 4.96. The first-order chi connectivity index (χ1) is 18.2. The molecule has 0 saturated carbocycles. The molecule has 1 heterocycles. The zero-order valence-electron chi connectivity index (χ0n) is 20.7. The van der Waals surface area contributed by atoms with Crippen LogP contribution in [0.15, 0.2) is 140 Å². The zero-order valence-corrected chi connectivity index (χ0v) is 20.7. The molecule has 0 amide bonds. The summed E-state index contributed by atoms with van der Waals surface area (Å²) >= 11 is 0. The van der Waals surface area contributed by atoms with Crippen LogP contribution in [0, 0.1) is 6.92 Å². The van der Waals surface area contributed by atoms with Gasteiger partial charge in [-0.05, 0) is 41.3 Å². The summed E-state index contributed by atoms with van der Waals surface area (Å²) < 4.78 is 0. The molecule has 1 aromatic heterocycles. The fourth-order valence-corrected chi connectivity index (χ4v) is 4.58. The van der Waals surface area contributed by atoms with Gasteiger partial charge in [0.05, 0.1) is 11.4 Å². The highest BCUT2D eigenvalue weighted by Gasteiger charge is 2.11. The molecule has 2 nitrogen and oxygen atoms in total. The molecule has 2 heteroatoms. The molecule has 0 spiro atoms. The maximum absolute atomic E-state index is 5.02. The normalized spacial score (nSPS) is 10.8. The van der Waals surface area contributed by atoms with Crippen molar-refractivity contribution in [2.75, 3.05) is 0 Å². The monoisotopic (exact) mass is 474 g/mol. The van der Waals surface area contributed by atoms with Crippen molar-refractivity contribution in [2.24, 2.45) is 0 Å². The molecule has 0 bridgehead atoms. The van der Waals surface area contributed by atoms with Gasteiger partial charge in [0.15, 0.2) is 5.82 Å². The van der Waals surface area contributed by atoms with Gasteiger partial charge in [-0.3, -0.25) is 0 Å². The predicted molar refractivity (Wildman–Crippen MR) is 154 cm³/mol. The van der Waals surface area contributed by atoms with Crippen LogP contribution in [0.4, 0.5) is 0 Å². The maximum atomic E-state index is 5.02. The Bertz CT molecular complexity index is 1540. The SMILES string of the molecule is Cc1cccc(-c2cc(-c3ccc(-c4ccccc4)cc3)nc(-c3ccc(-c4ccccc4)cc3)n2)c1. The molecular formula is C35H26N2. The van der Waals surface area contributed by atoms with E-state index in [1.165, 1.54) is 27.8 Å². The first-order valence-corrected chi connectivity index (χ1v) is 12.5. The van der Waals surface area contributed by atoms with Crippen molar-refractivity contribution < 1.29 is 0 Å². The molecule has 0 radical (unpaired) electrons. The van der Waals surface area contributed by atoms with Crippen molar-refractivity contribution >= 4 is 0 Å². The van der Waals surface area contributed by atoms with Gasteiger partial charge in [0.2, 0.25) is 0 Å². The fourth-order valence-electron chi connectivity index (χ4n) is 4.58. The molecule has 5 aromatic carbocycles. The first kappa shape index (κ1) is 22.6. The lowest BCUT2D eigenvalue weighted by molar-refractivity contribution is 1.18. The fraction of sp³-hybridized carbons (Fsp3) is 0.0286. The Labute approximate surface area is 218 Å². The highest BCUT2D eigenvalue weighted by Crippen LogP contribution is 2.30. The van der Waals surface area contributed by atoms with E-state index in [1.54, 1.807) is 0 Å². The van der Waals surface area contributed by atoms with Gasteiger partial charge in [-0.15, -0.1) is 0 Å². The molecule has 0 saturated heterocycles. The standard InChI is InChI=1S/C35H26N2/c1-25-9-8-14-32(23-25)34-24-33(30-19-15-28(16-20-30)26-10-4-2-5-11-26)36-35(37-34)31-21-17-29(18-22-31)27-12-6-3-7-13-27/h2-24H,1H3. The van der Waals surface area contributed by atoms with Gasteiger partial charge in [0, 0.05) is 16.7 Å². The summed E-state index contributed by atoms with van der Waals surface area (Å²) in [4.78, 5) is 10.0. The minimum atomic E-state index is 0.723. The number of hydrogen-bond donors (Lipinski definition) is 0. The van der Waals surface area contributed by atoms with Crippen LogP contribution in [0.5, 0.6) is 0 Å². The van der Waals surface area contributed by atoms with Crippen LogP contribution in [0.25, 0.3) is 56.2 Å². The van der Waals surface area contributed by atoms with Crippen LogP contribution < -0.4 is 0 Å². The molecule has 0 aliphatic heterocycles. The Hall–Kier alpha value is -4.82. The maximum Gasteiger partial charge on any atom is 0.160 e. The lowest BCUT2D eigenvalue weighted by Crippen LogP contribution is -1.96. The topological polar surface area (TPSA) is 25.8 Å². The number of benzene rings is 5. The van der Waals surface area contributed by atoms with Crippen LogP contribution in [-0.2, 0) is 0 Å². The second kappa shape index (κ2) is 10.0. The van der Waals surface area contributed by atoms with Gasteiger partial charge in [0.25, 0.3) is 0 Å². The number of rotatable bonds is 5. The van der Waals surface area contributed by atoms with Crippen molar-refractivity contribution in [1.29, 1.82) is 0 Å². The van der Waals surface area contributed by atoms with Crippen molar-refractivity contribution in [3.8, 4) is 56.2 Å². The molecule has 176 valence electrons. The highest BCUT2D eigenvalue weighted by atomic mass is 14.9. The lowest BCUT2D eigenvalue weighted by Gasteiger charge is -2.11. The smallest absolute Gasteiger partial charge is 0.160 e. The van der Waals surface area contributed by atoms with E-state index in [1.807, 2.05) is 12.1 Å². The van der Waals surface area contributed by atoms with E-state index < -0.39 is 0 Å². The predicted octanol–water partition coefficient (Wildman–Crippen LogP) is 9.12. The van der Waals surface area contributed by atoms with Crippen molar-refractivity contribution in [2.45, 2.75) is 6.92 Å². The van der Waals surface area contributed by atoms with Gasteiger partial charge in [-0.2, -0.15) is 0 Å². The third-order valence-electron chi connectivity index (χ3n) is 6.58. The quantitative estimate of drug-likeness (QED) is 0.249. The van der Waals surface area contributed by atoms with Crippen LogP contribution >= 0.6 is 0 Å². The van der Waals surface area contributed by atoms with Crippen LogP contribution in [0.3, 0.4) is 0 Å². The summed E-state index contributed by atoms with van der Waals surface area (Å²) in [7, 11) is 0. The number of aryl methyl sites for hydroxylation is 1. The van der Waals surface area contributed by atoms with Crippen LogP contribution in [-0.4, -0.2) is 9.97 Å². The average Bonchev–Trinajstić information content (AvgIpc) is 2.98. The second-order valence-corrected chi connectivity index (χ2v) is 9.22. The molecule has 0 fully saturated rings. The second-order valence-electron chi connectivity index (χ2n) is 9.22. The molecule has 0 atom stereocenters. The number of nitrogens with zero attached hydrogens (tertiary/aromatic N) is 2. The van der Waals surface area contributed by atoms with Crippen LogP contribution in [0.2, 0.25) is 0 Å². The molecule has 0 aliphatic carbocycles. The Morgan fingerprint density at radius 1 is 0.351 bits per heavy atom. The van der Waals surface area contributed by atoms with E-state index >= 15 is 0 Å². The summed E-state index contributed by atoms with van der Waals surface area (Å²) in [6.07, 6.45) is 0. The van der Waals surface area contributed by atoms with E-state index in [0.29, 0.717) is 0 Å². The Kier molecular flexibility index (Phi) is 6.14. The minimum absolute atomic E-state index is 0.723. The molecule has 6 aromatic rings. The Morgan fingerprint density at radius 3 is 1.32 bits per heavy atom. The van der Waals surface area contributed by atoms with Crippen LogP contribution in [0.1, 0.15) is 5.56 Å². The molecule has 0 unspecified atom stereocenters. The summed E-state index contributed by atoms with van der Waals surface area (Å²) in [5.74, 6) is 0.723. The van der Waals surface area contributed by atoms with E-state index in [0.717, 1.165) is 33.9 Å². The van der Waals surface area contributed by atoms with Gasteiger partial charge in [0.1, 0.15) is 0 Å². The van der Waals surface area contributed by atoms with E-state index in [-0.39, 0.29) is 0 Å². The molecular weight excluding hydrogens is 448 g/mol. The summed E-state index contributed by atoms with van der Waals surface area (Å²) in [6.45, 7) is 2.11. The molecule has 6 rings (SSSR count).